The SMILES string of the molecule is O=S(=O)(c1ccc(Cl)cc1)N1CCN=C1c1ccccc1. The minimum Gasteiger partial charge on any atom is -0.265 e. The molecule has 108 valence electrons. The smallest absolute Gasteiger partial charge is 0.265 e. The van der Waals surface area contributed by atoms with E-state index in [0.29, 0.717) is 23.9 Å². The van der Waals surface area contributed by atoms with Gasteiger partial charge in [-0.05, 0) is 24.3 Å². The highest BCUT2D eigenvalue weighted by molar-refractivity contribution is 7.89. The Morgan fingerprint density at radius 3 is 2.33 bits per heavy atom. The van der Waals surface area contributed by atoms with Crippen LogP contribution in [-0.2, 0) is 10.0 Å². The van der Waals surface area contributed by atoms with Gasteiger partial charge in [-0.1, -0.05) is 41.9 Å². The number of rotatable bonds is 3. The van der Waals surface area contributed by atoms with Gasteiger partial charge in [0.15, 0.2) is 0 Å². The fraction of sp³-hybridized carbons (Fsp3) is 0.133. The van der Waals surface area contributed by atoms with E-state index >= 15 is 0 Å². The predicted molar refractivity (Wildman–Crippen MR) is 83.2 cm³/mol. The molecule has 0 radical (unpaired) electrons. The molecule has 0 saturated heterocycles. The van der Waals surface area contributed by atoms with Crippen LogP contribution in [0.3, 0.4) is 0 Å². The van der Waals surface area contributed by atoms with Gasteiger partial charge in [-0.25, -0.2) is 12.7 Å². The molecule has 21 heavy (non-hydrogen) atoms. The highest BCUT2D eigenvalue weighted by Crippen LogP contribution is 2.23. The summed E-state index contributed by atoms with van der Waals surface area (Å²) >= 11 is 5.81. The Hall–Kier alpha value is -1.85. The molecule has 2 aromatic carbocycles. The van der Waals surface area contributed by atoms with Crippen molar-refractivity contribution >= 4 is 27.5 Å². The average molecular weight is 321 g/mol. The summed E-state index contributed by atoms with van der Waals surface area (Å²) in [5.74, 6) is 0.491. The Kier molecular flexibility index (Phi) is 3.69. The summed E-state index contributed by atoms with van der Waals surface area (Å²) in [4.78, 5) is 4.55. The molecule has 0 aromatic heterocycles. The lowest BCUT2D eigenvalue weighted by molar-refractivity contribution is 0.538. The average Bonchev–Trinajstić information content (AvgIpc) is 2.99. The summed E-state index contributed by atoms with van der Waals surface area (Å²) in [7, 11) is -3.61. The van der Waals surface area contributed by atoms with Crippen LogP contribution in [0.1, 0.15) is 5.56 Å². The van der Waals surface area contributed by atoms with Crippen molar-refractivity contribution in [1.29, 1.82) is 0 Å². The Morgan fingerprint density at radius 1 is 1.00 bits per heavy atom. The minimum absolute atomic E-state index is 0.220. The zero-order valence-corrected chi connectivity index (χ0v) is 12.7. The molecule has 0 unspecified atom stereocenters. The van der Waals surface area contributed by atoms with E-state index in [1.54, 1.807) is 12.1 Å². The lowest BCUT2D eigenvalue weighted by Gasteiger charge is -2.20. The Morgan fingerprint density at radius 2 is 1.67 bits per heavy atom. The van der Waals surface area contributed by atoms with Crippen molar-refractivity contribution in [1.82, 2.24) is 4.31 Å². The van der Waals surface area contributed by atoms with Crippen molar-refractivity contribution in [3.05, 3.63) is 65.2 Å². The number of hydrogen-bond acceptors (Lipinski definition) is 3. The molecular formula is C15H13ClN2O2S. The third-order valence-electron chi connectivity index (χ3n) is 3.23. The largest absolute Gasteiger partial charge is 0.265 e. The van der Waals surface area contributed by atoms with Gasteiger partial charge in [0.2, 0.25) is 0 Å². The summed E-state index contributed by atoms with van der Waals surface area (Å²) < 4.78 is 26.8. The van der Waals surface area contributed by atoms with Crippen LogP contribution in [0.25, 0.3) is 0 Å². The first-order valence-electron chi connectivity index (χ1n) is 6.47. The highest BCUT2D eigenvalue weighted by Gasteiger charge is 2.31. The summed E-state index contributed by atoms with van der Waals surface area (Å²) in [6.45, 7) is 0.826. The van der Waals surface area contributed by atoms with Crippen molar-refractivity contribution in [3.8, 4) is 0 Å². The fourth-order valence-corrected chi connectivity index (χ4v) is 3.80. The van der Waals surface area contributed by atoms with E-state index in [1.807, 2.05) is 30.3 Å². The van der Waals surface area contributed by atoms with E-state index in [0.717, 1.165) is 5.56 Å². The highest BCUT2D eigenvalue weighted by atomic mass is 35.5. The van der Waals surface area contributed by atoms with Crippen molar-refractivity contribution in [2.75, 3.05) is 13.1 Å². The molecule has 0 N–H and O–H groups in total. The first-order valence-corrected chi connectivity index (χ1v) is 8.29. The second-order valence-electron chi connectivity index (χ2n) is 4.60. The molecule has 1 heterocycles. The molecular weight excluding hydrogens is 308 g/mol. The van der Waals surface area contributed by atoms with Crippen molar-refractivity contribution < 1.29 is 8.42 Å². The van der Waals surface area contributed by atoms with Crippen LogP contribution in [0, 0.1) is 0 Å². The normalized spacial score (nSPS) is 15.1. The number of hydrogen-bond donors (Lipinski definition) is 0. The van der Waals surface area contributed by atoms with Crippen molar-refractivity contribution in [2.45, 2.75) is 4.90 Å². The zero-order valence-electron chi connectivity index (χ0n) is 11.1. The fourth-order valence-electron chi connectivity index (χ4n) is 2.22. The number of sulfonamides is 1. The van der Waals surface area contributed by atoms with Gasteiger partial charge in [-0.15, -0.1) is 0 Å². The van der Waals surface area contributed by atoms with Crippen LogP contribution in [0.15, 0.2) is 64.5 Å². The number of nitrogens with zero attached hydrogens (tertiary/aromatic N) is 2. The first kappa shape index (κ1) is 14.1. The number of halogens is 1. The van der Waals surface area contributed by atoms with Crippen molar-refractivity contribution in [3.63, 3.8) is 0 Å². The van der Waals surface area contributed by atoms with Crippen LogP contribution in [0.5, 0.6) is 0 Å². The molecule has 3 rings (SSSR count). The van der Waals surface area contributed by atoms with E-state index in [9.17, 15) is 8.42 Å². The Balaban J connectivity index is 1.99. The molecule has 2 aromatic rings. The molecule has 1 aliphatic heterocycles. The Bertz CT molecular complexity index is 771. The minimum atomic E-state index is -3.61. The second-order valence-corrected chi connectivity index (χ2v) is 6.90. The van der Waals surface area contributed by atoms with Gasteiger partial charge in [-0.3, -0.25) is 4.99 Å². The second kappa shape index (κ2) is 5.50. The van der Waals surface area contributed by atoms with Gasteiger partial charge in [0.05, 0.1) is 18.0 Å². The lowest BCUT2D eigenvalue weighted by atomic mass is 10.2. The van der Waals surface area contributed by atoms with Crippen LogP contribution in [0.2, 0.25) is 5.02 Å². The molecule has 0 saturated carbocycles. The van der Waals surface area contributed by atoms with E-state index in [4.69, 9.17) is 11.6 Å². The monoisotopic (exact) mass is 320 g/mol. The van der Waals surface area contributed by atoms with Crippen LogP contribution in [-0.4, -0.2) is 31.6 Å². The van der Waals surface area contributed by atoms with E-state index in [-0.39, 0.29) is 4.90 Å². The maximum Gasteiger partial charge on any atom is 0.265 e. The van der Waals surface area contributed by atoms with Gasteiger partial charge >= 0.3 is 0 Å². The third-order valence-corrected chi connectivity index (χ3v) is 5.29. The molecule has 0 bridgehead atoms. The number of aliphatic imine (C=N–C) groups is 1. The summed E-state index contributed by atoms with van der Waals surface area (Å²) in [5.41, 5.74) is 0.799. The first-order chi connectivity index (χ1) is 10.1. The maximum absolute atomic E-state index is 12.7. The predicted octanol–water partition coefficient (Wildman–Crippen LogP) is 2.79. The summed E-state index contributed by atoms with van der Waals surface area (Å²) in [6.07, 6.45) is 0. The van der Waals surface area contributed by atoms with Gasteiger partial charge < -0.3 is 0 Å². The maximum atomic E-state index is 12.7. The van der Waals surface area contributed by atoms with E-state index in [2.05, 4.69) is 4.99 Å². The van der Waals surface area contributed by atoms with Gasteiger partial charge in [0.25, 0.3) is 10.0 Å². The van der Waals surface area contributed by atoms with Crippen LogP contribution in [0.4, 0.5) is 0 Å². The van der Waals surface area contributed by atoms with Gasteiger partial charge in [0, 0.05) is 10.6 Å². The summed E-state index contributed by atoms with van der Waals surface area (Å²) in [6, 6.07) is 15.5. The van der Waals surface area contributed by atoms with E-state index in [1.165, 1.54) is 16.4 Å². The molecule has 0 amide bonds. The topological polar surface area (TPSA) is 49.7 Å². The van der Waals surface area contributed by atoms with Crippen molar-refractivity contribution in [2.24, 2.45) is 4.99 Å². The van der Waals surface area contributed by atoms with Gasteiger partial charge in [-0.2, -0.15) is 0 Å². The number of benzene rings is 2. The molecule has 0 atom stereocenters. The lowest BCUT2D eigenvalue weighted by Crippen LogP contribution is -2.34. The van der Waals surface area contributed by atoms with Gasteiger partial charge in [0.1, 0.15) is 5.84 Å². The molecule has 0 spiro atoms. The van der Waals surface area contributed by atoms with E-state index < -0.39 is 10.0 Å². The number of amidine groups is 1. The molecule has 1 aliphatic rings. The quantitative estimate of drug-likeness (QED) is 0.873. The molecule has 0 aliphatic carbocycles. The van der Waals surface area contributed by atoms with Crippen LogP contribution < -0.4 is 0 Å². The molecule has 4 nitrogen and oxygen atoms in total. The Labute approximate surface area is 128 Å². The molecule has 6 heteroatoms. The third kappa shape index (κ3) is 2.66. The molecule has 0 fully saturated rings. The van der Waals surface area contributed by atoms with Crippen LogP contribution >= 0.6 is 11.6 Å². The standard InChI is InChI=1S/C15H13ClN2O2S/c16-13-6-8-14(9-7-13)21(19,20)18-11-10-17-15(18)12-4-2-1-3-5-12/h1-9H,10-11H2. The zero-order chi connectivity index (χ0) is 14.9. The summed E-state index contributed by atoms with van der Waals surface area (Å²) in [5, 5.41) is 0.507.